The Kier molecular flexibility index (Phi) is 9.66. The molecule has 0 aliphatic heterocycles. The van der Waals surface area contributed by atoms with E-state index in [2.05, 4.69) is 21.2 Å². The molecule has 192 valence electrons. The highest BCUT2D eigenvalue weighted by atomic mass is 79.9. The Labute approximate surface area is 225 Å². The molecule has 2 aromatic rings. The van der Waals surface area contributed by atoms with Crippen LogP contribution in [0.3, 0.4) is 0 Å². The van der Waals surface area contributed by atoms with E-state index >= 15 is 0 Å². The van der Waals surface area contributed by atoms with Crippen molar-refractivity contribution in [2.75, 3.05) is 17.1 Å². The number of rotatable bonds is 8. The van der Waals surface area contributed by atoms with Crippen molar-refractivity contribution < 1.29 is 18.0 Å². The smallest absolute Gasteiger partial charge is 0.244 e. The Morgan fingerprint density at radius 2 is 1.74 bits per heavy atom. The number of anilines is 1. The van der Waals surface area contributed by atoms with Gasteiger partial charge in [0.15, 0.2) is 0 Å². The summed E-state index contributed by atoms with van der Waals surface area (Å²) in [6.45, 7) is 8.42. The van der Waals surface area contributed by atoms with Gasteiger partial charge in [0.05, 0.1) is 11.9 Å². The Morgan fingerprint density at radius 3 is 2.26 bits per heavy atom. The number of amides is 2. The fourth-order valence-corrected chi connectivity index (χ4v) is 4.84. The largest absolute Gasteiger partial charge is 0.350 e. The average Bonchev–Trinajstić information content (AvgIpc) is 2.71. The summed E-state index contributed by atoms with van der Waals surface area (Å²) in [4.78, 5) is 27.9. The number of carbonyl (C=O) groups excluding carboxylic acids is 2. The van der Waals surface area contributed by atoms with Gasteiger partial charge in [-0.1, -0.05) is 45.2 Å². The molecule has 1 N–H and O–H groups in total. The zero-order valence-electron chi connectivity index (χ0n) is 20.5. The van der Waals surface area contributed by atoms with Crippen LogP contribution in [0.5, 0.6) is 0 Å². The van der Waals surface area contributed by atoms with Gasteiger partial charge in [0.2, 0.25) is 21.8 Å². The molecule has 0 unspecified atom stereocenters. The number of hydrogen-bond donors (Lipinski definition) is 1. The number of hydrogen-bond acceptors (Lipinski definition) is 4. The van der Waals surface area contributed by atoms with E-state index in [9.17, 15) is 18.0 Å². The summed E-state index contributed by atoms with van der Waals surface area (Å²) < 4.78 is 27.2. The van der Waals surface area contributed by atoms with E-state index in [-0.39, 0.29) is 12.5 Å². The lowest BCUT2D eigenvalue weighted by Gasteiger charge is -2.33. The third-order valence-electron chi connectivity index (χ3n) is 5.13. The molecule has 0 aromatic heterocycles. The molecule has 0 fully saturated rings. The van der Waals surface area contributed by atoms with Crippen molar-refractivity contribution in [1.29, 1.82) is 0 Å². The van der Waals surface area contributed by atoms with Crippen molar-refractivity contribution in [2.45, 2.75) is 52.7 Å². The van der Waals surface area contributed by atoms with Crippen LogP contribution in [0.25, 0.3) is 0 Å². The molecule has 7 nitrogen and oxygen atoms in total. The normalized spacial score (nSPS) is 12.7. The molecule has 0 bridgehead atoms. The summed E-state index contributed by atoms with van der Waals surface area (Å²) >= 11 is 15.7. The van der Waals surface area contributed by atoms with E-state index in [1.54, 1.807) is 43.3 Å². The summed E-state index contributed by atoms with van der Waals surface area (Å²) in [6, 6.07) is 8.97. The van der Waals surface area contributed by atoms with Crippen molar-refractivity contribution in [2.24, 2.45) is 0 Å². The lowest BCUT2D eigenvalue weighted by Crippen LogP contribution is -2.54. The van der Waals surface area contributed by atoms with Crippen LogP contribution in [0.2, 0.25) is 10.0 Å². The molecule has 0 radical (unpaired) electrons. The summed E-state index contributed by atoms with van der Waals surface area (Å²) in [5.74, 6) is -0.931. The van der Waals surface area contributed by atoms with Crippen molar-refractivity contribution in [3.8, 4) is 0 Å². The van der Waals surface area contributed by atoms with E-state index < -0.39 is 34.1 Å². The van der Waals surface area contributed by atoms with E-state index in [0.717, 1.165) is 20.6 Å². The highest BCUT2D eigenvalue weighted by molar-refractivity contribution is 9.10. The Balaban J connectivity index is 2.46. The lowest BCUT2D eigenvalue weighted by atomic mass is 10.1. The van der Waals surface area contributed by atoms with E-state index in [1.165, 1.54) is 4.90 Å². The Bertz CT molecular complexity index is 1220. The molecule has 11 heteroatoms. The topological polar surface area (TPSA) is 86.8 Å². The lowest BCUT2D eigenvalue weighted by molar-refractivity contribution is -0.140. The van der Waals surface area contributed by atoms with E-state index in [1.807, 2.05) is 27.7 Å². The van der Waals surface area contributed by atoms with Crippen molar-refractivity contribution >= 4 is 66.7 Å². The van der Waals surface area contributed by atoms with Gasteiger partial charge in [-0.25, -0.2) is 8.42 Å². The molecule has 2 rings (SSSR count). The molecule has 1 atom stereocenters. The number of carbonyl (C=O) groups is 2. The van der Waals surface area contributed by atoms with Crippen molar-refractivity contribution in [3.63, 3.8) is 0 Å². The maximum Gasteiger partial charge on any atom is 0.244 e. The van der Waals surface area contributed by atoms with Gasteiger partial charge < -0.3 is 10.2 Å². The molecule has 0 saturated heterocycles. The summed E-state index contributed by atoms with van der Waals surface area (Å²) in [6.07, 6.45) is 1.04. The van der Waals surface area contributed by atoms with Gasteiger partial charge in [0.1, 0.15) is 12.6 Å². The second-order valence-electron chi connectivity index (χ2n) is 9.38. The molecule has 0 aliphatic rings. The molecule has 0 saturated carbocycles. The van der Waals surface area contributed by atoms with Crippen LogP contribution in [-0.2, 0) is 26.2 Å². The first kappa shape index (κ1) is 29.4. The minimum atomic E-state index is -3.81. The molecule has 35 heavy (non-hydrogen) atoms. The van der Waals surface area contributed by atoms with Gasteiger partial charge in [0.25, 0.3) is 0 Å². The monoisotopic (exact) mass is 605 g/mol. The van der Waals surface area contributed by atoms with Crippen LogP contribution in [-0.4, -0.2) is 49.5 Å². The molecular weight excluding hydrogens is 577 g/mol. The third kappa shape index (κ3) is 8.37. The van der Waals surface area contributed by atoms with Crippen LogP contribution in [0, 0.1) is 6.92 Å². The predicted molar refractivity (Wildman–Crippen MR) is 145 cm³/mol. The molecular formula is C24H30BrCl2N3O4S. The molecule has 2 aromatic carbocycles. The number of nitrogens with one attached hydrogen (secondary N) is 1. The molecule has 0 aliphatic carbocycles. The van der Waals surface area contributed by atoms with Crippen LogP contribution < -0.4 is 9.62 Å². The quantitative estimate of drug-likeness (QED) is 0.449. The van der Waals surface area contributed by atoms with Crippen LogP contribution >= 0.6 is 39.1 Å². The zero-order chi connectivity index (χ0) is 26.7. The maximum absolute atomic E-state index is 13.6. The first-order chi connectivity index (χ1) is 16.0. The average molecular weight is 607 g/mol. The fourth-order valence-electron chi connectivity index (χ4n) is 3.29. The third-order valence-corrected chi connectivity index (χ3v) is 7.75. The number of nitrogens with zero attached hydrogens (tertiary/aromatic N) is 2. The number of halogens is 3. The van der Waals surface area contributed by atoms with Crippen LogP contribution in [0.15, 0.2) is 40.9 Å². The standard InChI is InChI=1S/C24H30BrCl2N3O4S/c1-15-11-19(9-10-20(15)25)30(35(6,33)34)14-22(31)29(16(2)23(32)28-24(3,4)5)13-17-7-8-18(26)12-21(17)27/h7-12,16H,13-14H2,1-6H3,(H,28,32)/t16-/m0/s1. The minimum Gasteiger partial charge on any atom is -0.350 e. The second-order valence-corrected chi connectivity index (χ2v) is 13.0. The number of aryl methyl sites for hydroxylation is 1. The van der Waals surface area contributed by atoms with Gasteiger partial charge in [-0.05, 0) is 76.1 Å². The molecule has 0 spiro atoms. The van der Waals surface area contributed by atoms with Gasteiger partial charge in [-0.2, -0.15) is 0 Å². The number of sulfonamides is 1. The predicted octanol–water partition coefficient (Wildman–Crippen LogP) is 5.16. The van der Waals surface area contributed by atoms with Crippen molar-refractivity contribution in [1.82, 2.24) is 10.2 Å². The summed E-state index contributed by atoms with van der Waals surface area (Å²) in [7, 11) is -3.81. The Hall–Kier alpha value is -1.81. The van der Waals surface area contributed by atoms with E-state index in [4.69, 9.17) is 23.2 Å². The van der Waals surface area contributed by atoms with Crippen LogP contribution in [0.1, 0.15) is 38.8 Å². The van der Waals surface area contributed by atoms with E-state index in [0.29, 0.717) is 21.3 Å². The Morgan fingerprint density at radius 1 is 1.11 bits per heavy atom. The summed E-state index contributed by atoms with van der Waals surface area (Å²) in [5, 5.41) is 3.64. The van der Waals surface area contributed by atoms with Crippen LogP contribution in [0.4, 0.5) is 5.69 Å². The highest BCUT2D eigenvalue weighted by Gasteiger charge is 2.31. The molecule has 2 amide bonds. The van der Waals surface area contributed by atoms with Gasteiger partial charge in [0, 0.05) is 26.6 Å². The first-order valence-electron chi connectivity index (χ1n) is 10.8. The molecule has 0 heterocycles. The highest BCUT2D eigenvalue weighted by Crippen LogP contribution is 2.26. The maximum atomic E-state index is 13.6. The number of benzene rings is 2. The SMILES string of the molecule is Cc1cc(N(CC(=O)N(Cc2ccc(Cl)cc2Cl)[C@@H](C)C(=O)NC(C)(C)C)S(C)(=O)=O)ccc1Br. The van der Waals surface area contributed by atoms with Gasteiger partial charge >= 0.3 is 0 Å². The first-order valence-corrected chi connectivity index (χ1v) is 14.2. The zero-order valence-corrected chi connectivity index (χ0v) is 24.4. The van der Waals surface area contributed by atoms with Crippen molar-refractivity contribution in [3.05, 3.63) is 62.0 Å². The van der Waals surface area contributed by atoms with Gasteiger partial charge in [-0.15, -0.1) is 0 Å². The minimum absolute atomic E-state index is 0.00939. The second kappa shape index (κ2) is 11.5. The van der Waals surface area contributed by atoms with Gasteiger partial charge in [-0.3, -0.25) is 13.9 Å². The fraction of sp³-hybridized carbons (Fsp3) is 0.417. The summed E-state index contributed by atoms with van der Waals surface area (Å²) in [5.41, 5.74) is 1.21.